The minimum atomic E-state index is -0.458. The monoisotopic (exact) mass is 194 g/mol. The highest BCUT2D eigenvalue weighted by molar-refractivity contribution is 5.28. The van der Waals surface area contributed by atoms with Gasteiger partial charge in [0.1, 0.15) is 0 Å². The average molecular weight is 194 g/mol. The molecule has 0 aliphatic carbocycles. The van der Waals surface area contributed by atoms with Gasteiger partial charge in [0.05, 0.1) is 12.1 Å². The van der Waals surface area contributed by atoms with E-state index in [1.807, 2.05) is 27.0 Å². The summed E-state index contributed by atoms with van der Waals surface area (Å²) in [6.45, 7) is 6.47. The summed E-state index contributed by atoms with van der Waals surface area (Å²) in [7, 11) is 1.65. The number of ether oxygens (including phenoxy) is 1. The zero-order valence-corrected chi connectivity index (χ0v) is 9.29. The summed E-state index contributed by atoms with van der Waals surface area (Å²) in [5, 5.41) is 0. The molecular weight excluding hydrogens is 176 g/mol. The molecule has 0 saturated carbocycles. The van der Waals surface area contributed by atoms with Gasteiger partial charge in [0.15, 0.2) is 0 Å². The van der Waals surface area contributed by atoms with E-state index in [0.717, 1.165) is 16.8 Å². The third-order valence-corrected chi connectivity index (χ3v) is 2.44. The van der Waals surface area contributed by atoms with Crippen molar-refractivity contribution in [3.8, 4) is 0 Å². The van der Waals surface area contributed by atoms with Crippen molar-refractivity contribution < 1.29 is 4.74 Å². The normalized spacial score (nSPS) is 15.2. The molecule has 0 bridgehead atoms. The van der Waals surface area contributed by atoms with E-state index >= 15 is 0 Å². The lowest BCUT2D eigenvalue weighted by Crippen LogP contribution is -2.38. The fraction of sp³-hybridized carbons (Fsp3) is 0.545. The quantitative estimate of drug-likeness (QED) is 0.793. The van der Waals surface area contributed by atoms with Crippen LogP contribution in [0, 0.1) is 13.8 Å². The van der Waals surface area contributed by atoms with Gasteiger partial charge in [0.25, 0.3) is 0 Å². The number of methoxy groups -OCH3 is 1. The first-order valence-electron chi connectivity index (χ1n) is 4.69. The van der Waals surface area contributed by atoms with Gasteiger partial charge >= 0.3 is 0 Å². The van der Waals surface area contributed by atoms with E-state index in [1.165, 1.54) is 0 Å². The van der Waals surface area contributed by atoms with Gasteiger partial charge in [-0.25, -0.2) is 0 Å². The molecular formula is C11H18N2O. The maximum absolute atomic E-state index is 6.10. The SMILES string of the molecule is COCC(C)(N)c1cnc(C)c(C)c1. The number of hydrogen-bond donors (Lipinski definition) is 1. The number of aromatic nitrogens is 1. The van der Waals surface area contributed by atoms with Crippen LogP contribution in [-0.4, -0.2) is 18.7 Å². The van der Waals surface area contributed by atoms with E-state index in [0.29, 0.717) is 6.61 Å². The summed E-state index contributed by atoms with van der Waals surface area (Å²) in [5.41, 5.74) is 8.87. The first kappa shape index (κ1) is 11.1. The smallest absolute Gasteiger partial charge is 0.0682 e. The molecule has 0 radical (unpaired) electrons. The van der Waals surface area contributed by atoms with Gasteiger partial charge in [-0.2, -0.15) is 0 Å². The van der Waals surface area contributed by atoms with Crippen molar-refractivity contribution >= 4 is 0 Å². The Balaban J connectivity index is 3.01. The largest absolute Gasteiger partial charge is 0.382 e. The predicted molar refractivity (Wildman–Crippen MR) is 57.1 cm³/mol. The molecule has 14 heavy (non-hydrogen) atoms. The van der Waals surface area contributed by atoms with Crippen molar-refractivity contribution in [2.75, 3.05) is 13.7 Å². The Morgan fingerprint density at radius 1 is 1.50 bits per heavy atom. The van der Waals surface area contributed by atoms with Crippen molar-refractivity contribution in [1.29, 1.82) is 0 Å². The molecule has 78 valence electrons. The summed E-state index contributed by atoms with van der Waals surface area (Å²) < 4.78 is 5.08. The molecule has 0 fully saturated rings. The Kier molecular flexibility index (Phi) is 3.24. The molecule has 0 aliphatic rings. The topological polar surface area (TPSA) is 48.1 Å². The van der Waals surface area contributed by atoms with Crippen LogP contribution in [0.2, 0.25) is 0 Å². The Bertz CT molecular complexity index is 321. The van der Waals surface area contributed by atoms with Gasteiger partial charge in [0.2, 0.25) is 0 Å². The fourth-order valence-electron chi connectivity index (χ4n) is 1.34. The number of pyridine rings is 1. The first-order valence-corrected chi connectivity index (χ1v) is 4.69. The van der Waals surface area contributed by atoms with Gasteiger partial charge in [0, 0.05) is 19.0 Å². The zero-order valence-electron chi connectivity index (χ0n) is 9.29. The van der Waals surface area contributed by atoms with Crippen LogP contribution in [0.15, 0.2) is 12.3 Å². The zero-order chi connectivity index (χ0) is 10.8. The molecule has 0 spiro atoms. The van der Waals surface area contributed by atoms with E-state index in [1.54, 1.807) is 7.11 Å². The van der Waals surface area contributed by atoms with Crippen molar-refractivity contribution in [2.24, 2.45) is 5.73 Å². The molecule has 1 atom stereocenters. The van der Waals surface area contributed by atoms with Gasteiger partial charge < -0.3 is 10.5 Å². The maximum Gasteiger partial charge on any atom is 0.0682 e. The number of rotatable bonds is 3. The van der Waals surface area contributed by atoms with Crippen molar-refractivity contribution in [3.05, 3.63) is 29.1 Å². The Morgan fingerprint density at radius 3 is 2.64 bits per heavy atom. The van der Waals surface area contributed by atoms with Gasteiger partial charge in [-0.05, 0) is 31.9 Å². The molecule has 0 saturated heterocycles. The first-order chi connectivity index (χ1) is 6.47. The molecule has 1 unspecified atom stereocenters. The standard InChI is InChI=1S/C11H18N2O/c1-8-5-10(6-13-9(8)2)11(3,12)7-14-4/h5-6H,7,12H2,1-4H3. The van der Waals surface area contributed by atoms with E-state index in [9.17, 15) is 0 Å². The molecule has 0 aliphatic heterocycles. The Morgan fingerprint density at radius 2 is 2.14 bits per heavy atom. The third kappa shape index (κ3) is 2.30. The highest BCUT2D eigenvalue weighted by Crippen LogP contribution is 2.19. The van der Waals surface area contributed by atoms with Crippen LogP contribution < -0.4 is 5.73 Å². The van der Waals surface area contributed by atoms with Gasteiger partial charge in [-0.15, -0.1) is 0 Å². The number of nitrogens with zero attached hydrogens (tertiary/aromatic N) is 1. The molecule has 0 amide bonds. The molecule has 1 aromatic rings. The van der Waals surface area contributed by atoms with Crippen molar-refractivity contribution in [3.63, 3.8) is 0 Å². The number of aryl methyl sites for hydroxylation is 2. The second kappa shape index (κ2) is 4.07. The van der Waals surface area contributed by atoms with Crippen LogP contribution in [0.1, 0.15) is 23.7 Å². The number of hydrogen-bond acceptors (Lipinski definition) is 3. The predicted octanol–water partition coefficient (Wildman–Crippen LogP) is 1.52. The molecule has 1 rings (SSSR count). The molecule has 3 nitrogen and oxygen atoms in total. The van der Waals surface area contributed by atoms with Crippen molar-refractivity contribution in [1.82, 2.24) is 4.98 Å². The third-order valence-electron chi connectivity index (χ3n) is 2.44. The summed E-state index contributed by atoms with van der Waals surface area (Å²) in [6, 6.07) is 2.07. The minimum absolute atomic E-state index is 0.458. The Hall–Kier alpha value is -0.930. The Labute approximate surface area is 85.3 Å². The summed E-state index contributed by atoms with van der Waals surface area (Å²) in [4.78, 5) is 4.29. The van der Waals surface area contributed by atoms with Gasteiger partial charge in [-0.1, -0.05) is 6.07 Å². The molecule has 2 N–H and O–H groups in total. The van der Waals surface area contributed by atoms with E-state index in [2.05, 4.69) is 11.1 Å². The van der Waals surface area contributed by atoms with Crippen LogP contribution in [0.4, 0.5) is 0 Å². The minimum Gasteiger partial charge on any atom is -0.382 e. The lowest BCUT2D eigenvalue weighted by molar-refractivity contribution is 0.141. The average Bonchev–Trinajstić information content (AvgIpc) is 2.09. The number of nitrogens with two attached hydrogens (primary N) is 1. The maximum atomic E-state index is 6.10. The van der Waals surface area contributed by atoms with Crippen LogP contribution in [0.5, 0.6) is 0 Å². The van der Waals surface area contributed by atoms with Crippen LogP contribution in [0.3, 0.4) is 0 Å². The summed E-state index contributed by atoms with van der Waals surface area (Å²) in [5.74, 6) is 0. The molecule has 3 heteroatoms. The highest BCUT2D eigenvalue weighted by atomic mass is 16.5. The van der Waals surface area contributed by atoms with Crippen molar-refractivity contribution in [2.45, 2.75) is 26.3 Å². The highest BCUT2D eigenvalue weighted by Gasteiger charge is 2.21. The second-order valence-corrected chi connectivity index (χ2v) is 3.98. The second-order valence-electron chi connectivity index (χ2n) is 3.98. The lowest BCUT2D eigenvalue weighted by Gasteiger charge is -2.24. The van der Waals surface area contributed by atoms with E-state index < -0.39 is 5.54 Å². The van der Waals surface area contributed by atoms with Crippen LogP contribution in [-0.2, 0) is 10.3 Å². The van der Waals surface area contributed by atoms with E-state index in [-0.39, 0.29) is 0 Å². The van der Waals surface area contributed by atoms with Crippen LogP contribution in [0.25, 0.3) is 0 Å². The van der Waals surface area contributed by atoms with E-state index in [4.69, 9.17) is 10.5 Å². The van der Waals surface area contributed by atoms with Gasteiger partial charge in [-0.3, -0.25) is 4.98 Å². The fourth-order valence-corrected chi connectivity index (χ4v) is 1.34. The molecule has 1 aromatic heterocycles. The summed E-state index contributed by atoms with van der Waals surface area (Å²) >= 11 is 0. The molecule has 1 heterocycles. The lowest BCUT2D eigenvalue weighted by atomic mass is 9.94. The molecule has 0 aromatic carbocycles. The summed E-state index contributed by atoms with van der Waals surface area (Å²) in [6.07, 6.45) is 1.82. The van der Waals surface area contributed by atoms with Crippen LogP contribution >= 0.6 is 0 Å².